The van der Waals surface area contributed by atoms with Crippen LogP contribution in [-0.4, -0.2) is 16.5 Å². The van der Waals surface area contributed by atoms with Gasteiger partial charge in [0.1, 0.15) is 6.33 Å². The third kappa shape index (κ3) is 3.61. The van der Waals surface area contributed by atoms with Gasteiger partial charge in [-0.05, 0) is 24.1 Å². The van der Waals surface area contributed by atoms with Gasteiger partial charge in [0.15, 0.2) is 0 Å². The van der Waals surface area contributed by atoms with E-state index in [1.165, 1.54) is 17.5 Å². The van der Waals surface area contributed by atoms with E-state index in [0.29, 0.717) is 0 Å². The van der Waals surface area contributed by atoms with Crippen molar-refractivity contribution in [2.75, 3.05) is 6.54 Å². The van der Waals surface area contributed by atoms with Crippen LogP contribution in [0, 0.1) is 0 Å². The van der Waals surface area contributed by atoms with E-state index in [4.69, 9.17) is 0 Å². The van der Waals surface area contributed by atoms with Gasteiger partial charge in [-0.2, -0.15) is 0 Å². The van der Waals surface area contributed by atoms with Crippen LogP contribution in [0.4, 0.5) is 0 Å². The van der Waals surface area contributed by atoms with Gasteiger partial charge in [0.05, 0.1) is 6.04 Å². The van der Waals surface area contributed by atoms with Crippen molar-refractivity contribution in [1.29, 1.82) is 0 Å². The van der Waals surface area contributed by atoms with Crippen molar-refractivity contribution in [1.82, 2.24) is 15.3 Å². The highest BCUT2D eigenvalue weighted by atomic mass is 14.9. The molecule has 1 aromatic carbocycles. The first kappa shape index (κ1) is 13.7. The van der Waals surface area contributed by atoms with E-state index in [2.05, 4.69) is 53.4 Å². The van der Waals surface area contributed by atoms with Crippen molar-refractivity contribution < 1.29 is 0 Å². The summed E-state index contributed by atoms with van der Waals surface area (Å²) in [6.45, 7) is 5.24. The van der Waals surface area contributed by atoms with Gasteiger partial charge in [-0.15, -0.1) is 0 Å². The molecule has 0 bridgehead atoms. The molecule has 100 valence electrons. The monoisotopic (exact) mass is 255 g/mol. The predicted molar refractivity (Wildman–Crippen MR) is 78.0 cm³/mol. The number of nitrogens with one attached hydrogen (secondary N) is 1. The first-order valence-corrected chi connectivity index (χ1v) is 6.92. The molecule has 1 aromatic heterocycles. The lowest BCUT2D eigenvalue weighted by molar-refractivity contribution is 0.625. The lowest BCUT2D eigenvalue weighted by Crippen LogP contribution is -2.22. The molecule has 0 aliphatic rings. The second kappa shape index (κ2) is 7.00. The quantitative estimate of drug-likeness (QED) is 0.861. The van der Waals surface area contributed by atoms with Crippen molar-refractivity contribution in [2.45, 2.75) is 32.7 Å². The molecule has 2 rings (SSSR count). The Bertz CT molecular complexity index is 496. The molecule has 1 heterocycles. The van der Waals surface area contributed by atoms with Gasteiger partial charge in [0.2, 0.25) is 0 Å². The summed E-state index contributed by atoms with van der Waals surface area (Å²) in [6.07, 6.45) is 7.63. The normalized spacial score (nSPS) is 12.3. The summed E-state index contributed by atoms with van der Waals surface area (Å²) in [6, 6.07) is 8.94. The van der Waals surface area contributed by atoms with Crippen LogP contribution >= 0.6 is 0 Å². The molecule has 1 N–H and O–H groups in total. The van der Waals surface area contributed by atoms with Crippen molar-refractivity contribution in [3.8, 4) is 0 Å². The van der Waals surface area contributed by atoms with Crippen molar-refractivity contribution in [3.05, 3.63) is 59.7 Å². The van der Waals surface area contributed by atoms with Gasteiger partial charge in [0.25, 0.3) is 0 Å². The molecule has 1 unspecified atom stereocenters. The summed E-state index contributed by atoms with van der Waals surface area (Å²) in [4.78, 5) is 8.24. The van der Waals surface area contributed by atoms with Crippen LogP contribution in [-0.2, 0) is 6.42 Å². The fourth-order valence-corrected chi connectivity index (χ4v) is 2.31. The summed E-state index contributed by atoms with van der Waals surface area (Å²) in [5, 5.41) is 3.50. The molecule has 0 aliphatic heterocycles. The molecule has 0 spiro atoms. The van der Waals surface area contributed by atoms with Crippen LogP contribution in [0.25, 0.3) is 0 Å². The second-order valence-corrected chi connectivity index (χ2v) is 4.66. The number of nitrogens with zero attached hydrogens (tertiary/aromatic N) is 2. The minimum absolute atomic E-state index is 0.169. The number of hydrogen-bond acceptors (Lipinski definition) is 3. The second-order valence-electron chi connectivity index (χ2n) is 4.66. The molecule has 19 heavy (non-hydrogen) atoms. The van der Waals surface area contributed by atoms with Crippen LogP contribution < -0.4 is 5.32 Å². The van der Waals surface area contributed by atoms with Crippen LogP contribution in [0.1, 0.15) is 43.0 Å². The maximum atomic E-state index is 4.12. The Balaban J connectivity index is 2.31. The maximum absolute atomic E-state index is 4.12. The van der Waals surface area contributed by atoms with E-state index in [9.17, 15) is 0 Å². The Hall–Kier alpha value is -1.74. The lowest BCUT2D eigenvalue weighted by atomic mass is 9.98. The number of benzene rings is 1. The van der Waals surface area contributed by atoms with Gasteiger partial charge in [-0.25, -0.2) is 9.97 Å². The molecule has 0 fully saturated rings. The molecular weight excluding hydrogens is 234 g/mol. The Labute approximate surface area is 115 Å². The zero-order chi connectivity index (χ0) is 13.5. The Kier molecular flexibility index (Phi) is 5.04. The van der Waals surface area contributed by atoms with Gasteiger partial charge < -0.3 is 5.32 Å². The zero-order valence-electron chi connectivity index (χ0n) is 11.6. The minimum atomic E-state index is 0.169. The highest BCUT2D eigenvalue weighted by Gasteiger charge is 2.13. The molecule has 0 amide bonds. The Morgan fingerprint density at radius 3 is 2.58 bits per heavy atom. The first-order valence-electron chi connectivity index (χ1n) is 6.92. The molecule has 0 saturated carbocycles. The van der Waals surface area contributed by atoms with E-state index in [1.807, 2.05) is 12.4 Å². The Morgan fingerprint density at radius 2 is 1.89 bits per heavy atom. The van der Waals surface area contributed by atoms with Crippen LogP contribution in [0.5, 0.6) is 0 Å². The first-order chi connectivity index (χ1) is 9.35. The molecule has 0 radical (unpaired) electrons. The van der Waals surface area contributed by atoms with Crippen LogP contribution in [0.15, 0.2) is 43.0 Å². The highest BCUT2D eigenvalue weighted by molar-refractivity contribution is 5.32. The number of aromatic nitrogens is 2. The fourth-order valence-electron chi connectivity index (χ4n) is 2.31. The molecule has 0 saturated heterocycles. The fraction of sp³-hybridized carbons (Fsp3) is 0.375. The third-order valence-corrected chi connectivity index (χ3v) is 3.15. The van der Waals surface area contributed by atoms with Gasteiger partial charge in [-0.1, -0.05) is 44.5 Å². The standard InChI is InChI=1S/C16H21N3/c1-3-6-13-7-5-8-14(9-13)16(19-4-2)15-10-17-12-18-11-15/h5,7-12,16,19H,3-4,6H2,1-2H3. The Morgan fingerprint density at radius 1 is 1.11 bits per heavy atom. The van der Waals surface area contributed by atoms with E-state index >= 15 is 0 Å². The number of aryl methyl sites for hydroxylation is 1. The largest absolute Gasteiger partial charge is 0.306 e. The SMILES string of the molecule is CCCc1cccc(C(NCC)c2cncnc2)c1. The number of rotatable bonds is 6. The van der Waals surface area contributed by atoms with Gasteiger partial charge in [-0.3, -0.25) is 0 Å². The predicted octanol–water partition coefficient (Wildman–Crippen LogP) is 3.13. The summed E-state index contributed by atoms with van der Waals surface area (Å²) in [5.41, 5.74) is 3.78. The van der Waals surface area contributed by atoms with Crippen molar-refractivity contribution in [3.63, 3.8) is 0 Å². The van der Waals surface area contributed by atoms with E-state index in [1.54, 1.807) is 6.33 Å². The zero-order valence-corrected chi connectivity index (χ0v) is 11.6. The summed E-state index contributed by atoms with van der Waals surface area (Å²) in [7, 11) is 0. The third-order valence-electron chi connectivity index (χ3n) is 3.15. The van der Waals surface area contributed by atoms with Crippen LogP contribution in [0.2, 0.25) is 0 Å². The van der Waals surface area contributed by atoms with Crippen molar-refractivity contribution in [2.24, 2.45) is 0 Å². The maximum Gasteiger partial charge on any atom is 0.115 e. The smallest absolute Gasteiger partial charge is 0.115 e. The van der Waals surface area contributed by atoms with Crippen molar-refractivity contribution >= 4 is 0 Å². The highest BCUT2D eigenvalue weighted by Crippen LogP contribution is 2.22. The van der Waals surface area contributed by atoms with Gasteiger partial charge >= 0.3 is 0 Å². The molecule has 2 aromatic rings. The summed E-state index contributed by atoms with van der Waals surface area (Å²) in [5.74, 6) is 0. The lowest BCUT2D eigenvalue weighted by Gasteiger charge is -2.19. The average Bonchev–Trinajstić information content (AvgIpc) is 2.46. The summed E-state index contributed by atoms with van der Waals surface area (Å²) < 4.78 is 0. The summed E-state index contributed by atoms with van der Waals surface area (Å²) >= 11 is 0. The molecule has 3 heteroatoms. The number of hydrogen-bond donors (Lipinski definition) is 1. The van der Waals surface area contributed by atoms with E-state index in [-0.39, 0.29) is 6.04 Å². The molecular formula is C16H21N3. The van der Waals surface area contributed by atoms with Gasteiger partial charge in [0, 0.05) is 18.0 Å². The average molecular weight is 255 g/mol. The molecule has 3 nitrogen and oxygen atoms in total. The minimum Gasteiger partial charge on any atom is -0.306 e. The molecule has 1 atom stereocenters. The van der Waals surface area contributed by atoms with E-state index in [0.717, 1.165) is 18.5 Å². The van der Waals surface area contributed by atoms with E-state index < -0.39 is 0 Å². The topological polar surface area (TPSA) is 37.8 Å². The van der Waals surface area contributed by atoms with Crippen LogP contribution in [0.3, 0.4) is 0 Å². The molecule has 0 aliphatic carbocycles.